The van der Waals surface area contributed by atoms with Crippen LogP contribution in [-0.2, 0) is 23.9 Å². The van der Waals surface area contributed by atoms with Crippen LogP contribution in [-0.4, -0.2) is 46.4 Å². The first-order valence-electron chi connectivity index (χ1n) is 4.75. The van der Waals surface area contributed by atoms with E-state index in [-0.39, 0.29) is 0 Å². The highest BCUT2D eigenvalue weighted by atomic mass is 16.6. The van der Waals surface area contributed by atoms with Gasteiger partial charge in [0.15, 0.2) is 23.1 Å². The van der Waals surface area contributed by atoms with Gasteiger partial charge in [0.05, 0.1) is 6.61 Å². The molecule has 0 aliphatic rings. The minimum atomic E-state index is -2.08. The van der Waals surface area contributed by atoms with E-state index >= 15 is 0 Å². The molecule has 0 saturated heterocycles. The van der Waals surface area contributed by atoms with E-state index < -0.39 is 41.6 Å². The van der Waals surface area contributed by atoms with Crippen molar-refractivity contribution in [1.29, 1.82) is 0 Å². The molecule has 0 amide bonds. The van der Waals surface area contributed by atoms with Gasteiger partial charge in [-0.25, -0.2) is 4.79 Å². The van der Waals surface area contributed by atoms with Crippen molar-refractivity contribution < 1.29 is 34.1 Å². The lowest BCUT2D eigenvalue weighted by molar-refractivity contribution is -0.174. The van der Waals surface area contributed by atoms with Gasteiger partial charge in [-0.2, -0.15) is 0 Å². The van der Waals surface area contributed by atoms with Crippen molar-refractivity contribution in [2.45, 2.75) is 26.9 Å². The van der Waals surface area contributed by atoms with Crippen LogP contribution in [0.2, 0.25) is 0 Å². The molecule has 17 heavy (non-hydrogen) atoms. The third-order valence-corrected chi connectivity index (χ3v) is 2.45. The molecule has 0 spiro atoms. The molecular weight excluding hydrogens is 232 g/mol. The molecule has 0 aromatic carbocycles. The Morgan fingerprint density at radius 3 is 1.88 bits per heavy atom. The first-order valence-corrected chi connectivity index (χ1v) is 4.75. The van der Waals surface area contributed by atoms with Crippen LogP contribution in [0.15, 0.2) is 0 Å². The van der Waals surface area contributed by atoms with E-state index in [1.165, 1.54) is 0 Å². The Labute approximate surface area is 97.4 Å². The number of carbonyl (C=O) groups excluding carboxylic acids is 4. The zero-order valence-electron chi connectivity index (χ0n) is 9.72. The molecule has 2 N–H and O–H groups in total. The maximum absolute atomic E-state index is 11.5. The zero-order chi connectivity index (χ0) is 13.8. The Morgan fingerprint density at radius 2 is 1.59 bits per heavy atom. The van der Waals surface area contributed by atoms with Crippen molar-refractivity contribution in [1.82, 2.24) is 0 Å². The molecule has 0 rings (SSSR count). The van der Waals surface area contributed by atoms with Crippen LogP contribution in [0, 0.1) is 5.41 Å². The lowest BCUT2D eigenvalue weighted by Crippen LogP contribution is -2.44. The number of hydrogen-bond donors (Lipinski definition) is 2. The van der Waals surface area contributed by atoms with Crippen molar-refractivity contribution in [3.63, 3.8) is 0 Å². The van der Waals surface area contributed by atoms with E-state index in [2.05, 4.69) is 4.74 Å². The highest BCUT2D eigenvalue weighted by Gasteiger charge is 2.46. The number of rotatable bonds is 5. The molecular formula is C10H14O7. The number of hydrogen-bond acceptors (Lipinski definition) is 7. The van der Waals surface area contributed by atoms with E-state index in [0.717, 1.165) is 20.8 Å². The van der Waals surface area contributed by atoms with Gasteiger partial charge in [0.2, 0.25) is 0 Å². The van der Waals surface area contributed by atoms with Crippen molar-refractivity contribution in [3.8, 4) is 0 Å². The second kappa shape index (κ2) is 5.65. The van der Waals surface area contributed by atoms with Crippen LogP contribution in [0.4, 0.5) is 0 Å². The number of ketones is 2. The summed E-state index contributed by atoms with van der Waals surface area (Å²) < 4.78 is 4.16. The van der Waals surface area contributed by atoms with Crippen molar-refractivity contribution in [2.24, 2.45) is 5.41 Å². The highest BCUT2D eigenvalue weighted by molar-refractivity contribution is 6.21. The second-order valence-corrected chi connectivity index (χ2v) is 3.64. The fourth-order valence-corrected chi connectivity index (χ4v) is 0.871. The minimum absolute atomic E-state index is 0.777. The molecule has 0 bridgehead atoms. The summed E-state index contributed by atoms with van der Waals surface area (Å²) >= 11 is 0. The van der Waals surface area contributed by atoms with Crippen LogP contribution in [0.25, 0.3) is 0 Å². The Kier molecular flexibility index (Phi) is 5.11. The molecule has 0 aromatic rings. The monoisotopic (exact) mass is 246 g/mol. The molecule has 7 nitrogen and oxygen atoms in total. The standard InChI is InChI=1S/C10H14O7/c1-5(12)10(3,6(2)13)9(16)17-8(15)7(14)4-11/h7,11,14H,4H2,1-3H3. The fraction of sp³-hybridized carbons (Fsp3) is 0.600. The Morgan fingerprint density at radius 1 is 1.18 bits per heavy atom. The Bertz CT molecular complexity index is 344. The lowest BCUT2D eigenvalue weighted by Gasteiger charge is -2.20. The van der Waals surface area contributed by atoms with E-state index in [0.29, 0.717) is 0 Å². The van der Waals surface area contributed by atoms with Gasteiger partial charge in [-0.1, -0.05) is 0 Å². The Balaban J connectivity index is 4.97. The van der Waals surface area contributed by atoms with Gasteiger partial charge in [-0.15, -0.1) is 0 Å². The summed E-state index contributed by atoms with van der Waals surface area (Å²) in [6, 6.07) is 0. The summed E-state index contributed by atoms with van der Waals surface area (Å²) in [5, 5.41) is 17.3. The third kappa shape index (κ3) is 3.18. The molecule has 1 unspecified atom stereocenters. The quantitative estimate of drug-likeness (QED) is 0.452. The first-order chi connectivity index (χ1) is 7.67. The summed E-state index contributed by atoms with van der Waals surface area (Å²) in [6.45, 7) is 2.12. The van der Waals surface area contributed by atoms with Gasteiger partial charge in [0.1, 0.15) is 0 Å². The lowest BCUT2D eigenvalue weighted by atomic mass is 9.82. The fourth-order valence-electron chi connectivity index (χ4n) is 0.871. The second-order valence-electron chi connectivity index (χ2n) is 3.64. The summed E-state index contributed by atoms with van der Waals surface area (Å²) in [5.41, 5.74) is -2.08. The number of ether oxygens (including phenoxy) is 1. The van der Waals surface area contributed by atoms with Crippen LogP contribution in [0.5, 0.6) is 0 Å². The normalized spacial score (nSPS) is 12.8. The molecule has 0 aromatic heterocycles. The van der Waals surface area contributed by atoms with Gasteiger partial charge in [-0.3, -0.25) is 14.4 Å². The van der Waals surface area contributed by atoms with Crippen LogP contribution >= 0.6 is 0 Å². The number of carbonyl (C=O) groups is 4. The van der Waals surface area contributed by atoms with Gasteiger partial charge in [0.25, 0.3) is 0 Å². The molecule has 0 saturated carbocycles. The summed E-state index contributed by atoms with van der Waals surface area (Å²) in [6.07, 6.45) is -1.89. The predicted octanol–water partition coefficient (Wildman–Crippen LogP) is -1.41. The van der Waals surface area contributed by atoms with Crippen molar-refractivity contribution in [2.75, 3.05) is 6.61 Å². The number of aliphatic hydroxyl groups is 2. The van der Waals surface area contributed by atoms with E-state index in [1.54, 1.807) is 0 Å². The summed E-state index contributed by atoms with van der Waals surface area (Å²) in [4.78, 5) is 45.0. The van der Waals surface area contributed by atoms with Crippen molar-refractivity contribution >= 4 is 23.5 Å². The van der Waals surface area contributed by atoms with Gasteiger partial charge < -0.3 is 14.9 Å². The average Bonchev–Trinajstić information content (AvgIpc) is 2.25. The maximum atomic E-state index is 11.5. The van der Waals surface area contributed by atoms with Crippen LogP contribution in [0.3, 0.4) is 0 Å². The molecule has 0 fully saturated rings. The smallest absolute Gasteiger partial charge is 0.345 e. The predicted molar refractivity (Wildman–Crippen MR) is 53.7 cm³/mol. The van der Waals surface area contributed by atoms with Gasteiger partial charge >= 0.3 is 11.9 Å². The number of aliphatic hydroxyl groups excluding tert-OH is 2. The molecule has 0 heterocycles. The van der Waals surface area contributed by atoms with Gasteiger partial charge in [-0.05, 0) is 20.8 Å². The van der Waals surface area contributed by atoms with E-state index in [4.69, 9.17) is 10.2 Å². The average molecular weight is 246 g/mol. The molecule has 0 radical (unpaired) electrons. The van der Waals surface area contributed by atoms with Crippen LogP contribution in [0.1, 0.15) is 20.8 Å². The largest absolute Gasteiger partial charge is 0.393 e. The topological polar surface area (TPSA) is 118 Å². The number of esters is 2. The third-order valence-electron chi connectivity index (χ3n) is 2.45. The summed E-state index contributed by atoms with van der Waals surface area (Å²) in [5.74, 6) is -4.33. The summed E-state index contributed by atoms with van der Waals surface area (Å²) in [7, 11) is 0. The van der Waals surface area contributed by atoms with Gasteiger partial charge in [0, 0.05) is 0 Å². The molecule has 1 atom stereocenters. The molecule has 7 heteroatoms. The molecule has 0 aliphatic heterocycles. The SMILES string of the molecule is CC(=O)C(C)(C(C)=O)C(=O)OC(=O)C(O)CO. The Hall–Kier alpha value is -1.60. The highest BCUT2D eigenvalue weighted by Crippen LogP contribution is 2.21. The molecule has 96 valence electrons. The van der Waals surface area contributed by atoms with E-state index in [1.807, 2.05) is 0 Å². The molecule has 0 aliphatic carbocycles. The minimum Gasteiger partial charge on any atom is -0.393 e. The number of Topliss-reactive ketones (excluding diaryl/α,β-unsaturated/α-hetero) is 2. The first kappa shape index (κ1) is 15.4. The van der Waals surface area contributed by atoms with E-state index in [9.17, 15) is 19.2 Å². The van der Waals surface area contributed by atoms with Crippen molar-refractivity contribution in [3.05, 3.63) is 0 Å². The van der Waals surface area contributed by atoms with Crippen LogP contribution < -0.4 is 0 Å². The zero-order valence-corrected chi connectivity index (χ0v) is 9.72. The maximum Gasteiger partial charge on any atom is 0.345 e.